The third-order valence-electron chi connectivity index (χ3n) is 3.08. The minimum atomic E-state index is -4.66. The summed E-state index contributed by atoms with van der Waals surface area (Å²) in [6.07, 6.45) is -2.25. The molecule has 22 heavy (non-hydrogen) atoms. The quantitative estimate of drug-likeness (QED) is 0.715. The van der Waals surface area contributed by atoms with Crippen LogP contribution in [0.1, 0.15) is 5.56 Å². The number of nitrogens with zero attached hydrogens (tertiary/aromatic N) is 2. The molecule has 6 nitrogen and oxygen atoms in total. The second-order valence-corrected chi connectivity index (χ2v) is 4.48. The maximum absolute atomic E-state index is 13.2. The second kappa shape index (κ2) is 4.79. The lowest BCUT2D eigenvalue weighted by Crippen LogP contribution is -2.22. The lowest BCUT2D eigenvalue weighted by molar-refractivity contribution is -0.137. The van der Waals surface area contributed by atoms with Crippen LogP contribution in [0.15, 0.2) is 40.2 Å². The molecule has 0 amide bonds. The zero-order valence-electron chi connectivity index (χ0n) is 10.7. The maximum atomic E-state index is 13.2. The first-order valence-electron chi connectivity index (χ1n) is 6.01. The third-order valence-corrected chi connectivity index (χ3v) is 3.08. The van der Waals surface area contributed by atoms with E-state index in [4.69, 9.17) is 0 Å². The molecular formula is C13H7F3N4O2. The number of rotatable bonds is 1. The van der Waals surface area contributed by atoms with Crippen LogP contribution in [0.4, 0.5) is 13.2 Å². The predicted octanol–water partition coefficient (Wildman–Crippen LogP) is 1.69. The van der Waals surface area contributed by atoms with Crippen molar-refractivity contribution in [2.45, 2.75) is 6.18 Å². The van der Waals surface area contributed by atoms with Gasteiger partial charge in [0.05, 0.1) is 28.9 Å². The summed E-state index contributed by atoms with van der Waals surface area (Å²) in [5, 5.41) is 6.99. The number of hydrogen-bond donors (Lipinski definition) is 2. The zero-order chi connectivity index (χ0) is 15.9. The van der Waals surface area contributed by atoms with Gasteiger partial charge in [0.1, 0.15) is 0 Å². The van der Waals surface area contributed by atoms with Crippen molar-refractivity contribution < 1.29 is 13.2 Å². The van der Waals surface area contributed by atoms with E-state index in [1.165, 1.54) is 12.3 Å². The van der Waals surface area contributed by atoms with Gasteiger partial charge in [0.2, 0.25) is 0 Å². The highest BCUT2D eigenvalue weighted by Gasteiger charge is 2.34. The molecule has 3 rings (SSSR count). The molecule has 1 aromatic carbocycles. The molecular weight excluding hydrogens is 301 g/mol. The van der Waals surface area contributed by atoms with Crippen LogP contribution < -0.4 is 11.2 Å². The highest BCUT2D eigenvalue weighted by atomic mass is 19.4. The smallest absolute Gasteiger partial charge is 0.307 e. The summed E-state index contributed by atoms with van der Waals surface area (Å²) < 4.78 is 39.7. The molecule has 0 unspecified atom stereocenters. The first-order chi connectivity index (χ1) is 10.4. The van der Waals surface area contributed by atoms with Crippen molar-refractivity contribution >= 4 is 10.9 Å². The largest absolute Gasteiger partial charge is 0.417 e. The summed E-state index contributed by atoms with van der Waals surface area (Å²) in [6.45, 7) is 0. The van der Waals surface area contributed by atoms with Crippen LogP contribution in [0.3, 0.4) is 0 Å². The molecule has 0 radical (unpaired) electrons. The Balaban J connectivity index is 2.44. The first kappa shape index (κ1) is 14.0. The Morgan fingerprint density at radius 1 is 1.05 bits per heavy atom. The number of fused-ring (bicyclic) bond motifs is 1. The molecule has 0 aliphatic rings. The molecule has 0 saturated carbocycles. The molecule has 112 valence electrons. The van der Waals surface area contributed by atoms with E-state index < -0.39 is 23.0 Å². The van der Waals surface area contributed by atoms with Gasteiger partial charge < -0.3 is 4.98 Å². The Morgan fingerprint density at radius 2 is 1.82 bits per heavy atom. The highest BCUT2D eigenvalue weighted by molar-refractivity contribution is 5.85. The summed E-state index contributed by atoms with van der Waals surface area (Å²) in [5.41, 5.74) is -2.86. The van der Waals surface area contributed by atoms with Crippen molar-refractivity contribution in [1.82, 2.24) is 20.2 Å². The van der Waals surface area contributed by atoms with Gasteiger partial charge in [-0.2, -0.15) is 23.4 Å². The van der Waals surface area contributed by atoms with Gasteiger partial charge in [-0.05, 0) is 23.8 Å². The van der Waals surface area contributed by atoms with Crippen molar-refractivity contribution in [3.8, 4) is 11.1 Å². The summed E-state index contributed by atoms with van der Waals surface area (Å²) in [7, 11) is 0. The SMILES string of the molecule is O=c1[nH]c(=O)c2cc(-c3ccnnc3)c(C(F)(F)F)cc2[nH]1. The number of hydrogen-bond acceptors (Lipinski definition) is 4. The van der Waals surface area contributed by atoms with Gasteiger partial charge in [0, 0.05) is 5.56 Å². The van der Waals surface area contributed by atoms with Crippen molar-refractivity contribution in [3.63, 3.8) is 0 Å². The Labute approximate surface area is 119 Å². The molecule has 2 aromatic heterocycles. The molecule has 0 spiro atoms. The molecule has 3 aromatic rings. The predicted molar refractivity (Wildman–Crippen MR) is 71.2 cm³/mol. The topological polar surface area (TPSA) is 91.5 Å². The van der Waals surface area contributed by atoms with Crippen LogP contribution >= 0.6 is 0 Å². The van der Waals surface area contributed by atoms with Gasteiger partial charge in [-0.15, -0.1) is 0 Å². The minimum Gasteiger partial charge on any atom is -0.307 e. The van der Waals surface area contributed by atoms with E-state index in [-0.39, 0.29) is 22.0 Å². The number of H-pyrrole nitrogens is 2. The molecule has 0 fully saturated rings. The fraction of sp³-hybridized carbons (Fsp3) is 0.0769. The fourth-order valence-corrected chi connectivity index (χ4v) is 2.14. The number of benzene rings is 1. The van der Waals surface area contributed by atoms with Crippen LogP contribution in [-0.2, 0) is 6.18 Å². The molecule has 0 saturated heterocycles. The van der Waals surface area contributed by atoms with Crippen LogP contribution in [0.25, 0.3) is 22.0 Å². The molecule has 0 bridgehead atoms. The average molecular weight is 308 g/mol. The summed E-state index contributed by atoms with van der Waals surface area (Å²) in [5.74, 6) is 0. The lowest BCUT2D eigenvalue weighted by atomic mass is 9.99. The van der Waals surface area contributed by atoms with Crippen molar-refractivity contribution in [1.29, 1.82) is 0 Å². The van der Waals surface area contributed by atoms with E-state index >= 15 is 0 Å². The maximum Gasteiger partial charge on any atom is 0.417 e. The van der Waals surface area contributed by atoms with E-state index in [2.05, 4.69) is 15.2 Å². The first-order valence-corrected chi connectivity index (χ1v) is 6.01. The van der Waals surface area contributed by atoms with Gasteiger partial charge in [-0.3, -0.25) is 9.78 Å². The lowest BCUT2D eigenvalue weighted by Gasteiger charge is -2.13. The molecule has 0 aliphatic carbocycles. The van der Waals surface area contributed by atoms with Gasteiger partial charge >= 0.3 is 11.9 Å². The standard InChI is InChI=1S/C13H7F3N4O2/c14-13(15,16)9-4-10-8(11(21)20-12(22)19-10)3-7(9)6-1-2-17-18-5-6/h1-5H,(H2,19,20,21,22). The van der Waals surface area contributed by atoms with E-state index in [0.717, 1.165) is 18.3 Å². The molecule has 2 N–H and O–H groups in total. The third kappa shape index (κ3) is 2.36. The number of nitrogens with one attached hydrogen (secondary N) is 2. The number of alkyl halides is 3. The zero-order valence-corrected chi connectivity index (χ0v) is 10.7. The van der Waals surface area contributed by atoms with Gasteiger partial charge in [-0.1, -0.05) is 0 Å². The molecule has 0 aliphatic heterocycles. The van der Waals surface area contributed by atoms with Crippen LogP contribution in [-0.4, -0.2) is 20.2 Å². The summed E-state index contributed by atoms with van der Waals surface area (Å²) in [4.78, 5) is 27.1. The minimum absolute atomic E-state index is 0.0561. The van der Waals surface area contributed by atoms with E-state index in [1.807, 2.05) is 4.98 Å². The number of aromatic amines is 2. The van der Waals surface area contributed by atoms with Crippen molar-refractivity contribution in [3.05, 3.63) is 57.0 Å². The Morgan fingerprint density at radius 3 is 2.45 bits per heavy atom. The van der Waals surface area contributed by atoms with E-state index in [0.29, 0.717) is 0 Å². The monoisotopic (exact) mass is 308 g/mol. The highest BCUT2D eigenvalue weighted by Crippen LogP contribution is 2.38. The molecule has 9 heteroatoms. The number of halogens is 3. The van der Waals surface area contributed by atoms with Gasteiger partial charge in [0.25, 0.3) is 5.56 Å². The molecule has 2 heterocycles. The number of aromatic nitrogens is 4. The van der Waals surface area contributed by atoms with Crippen LogP contribution in [0, 0.1) is 0 Å². The van der Waals surface area contributed by atoms with Gasteiger partial charge in [-0.25, -0.2) is 4.79 Å². The summed E-state index contributed by atoms with van der Waals surface area (Å²) in [6, 6.07) is 3.16. The Bertz CT molecular complexity index is 961. The normalized spacial score (nSPS) is 11.8. The van der Waals surface area contributed by atoms with E-state index in [1.54, 1.807) is 0 Å². The summed E-state index contributed by atoms with van der Waals surface area (Å²) >= 11 is 0. The Kier molecular flexibility index (Phi) is 3.05. The van der Waals surface area contributed by atoms with Crippen LogP contribution in [0.2, 0.25) is 0 Å². The van der Waals surface area contributed by atoms with Crippen molar-refractivity contribution in [2.75, 3.05) is 0 Å². The molecule has 0 atom stereocenters. The Hall–Kier alpha value is -2.97. The average Bonchev–Trinajstić information content (AvgIpc) is 2.46. The fourth-order valence-electron chi connectivity index (χ4n) is 2.14. The van der Waals surface area contributed by atoms with Gasteiger partial charge in [0.15, 0.2) is 0 Å². The van der Waals surface area contributed by atoms with Crippen molar-refractivity contribution in [2.24, 2.45) is 0 Å². The second-order valence-electron chi connectivity index (χ2n) is 4.48. The van der Waals surface area contributed by atoms with E-state index in [9.17, 15) is 22.8 Å². The van der Waals surface area contributed by atoms with Crippen LogP contribution in [0.5, 0.6) is 0 Å².